The van der Waals surface area contributed by atoms with Crippen molar-refractivity contribution in [2.24, 2.45) is 5.41 Å². The Morgan fingerprint density at radius 3 is 1.42 bits per heavy atom. The lowest BCUT2D eigenvalue weighted by Crippen LogP contribution is -2.39. The average Bonchev–Trinajstić information content (AvgIpc) is 1.52. The van der Waals surface area contributed by atoms with Gasteiger partial charge in [-0.1, -0.05) is 41.5 Å². The van der Waals surface area contributed by atoms with Crippen LogP contribution < -0.4 is 0 Å². The molecule has 0 aromatic rings. The quantitative estimate of drug-likeness (QED) is 0.425. The minimum Gasteiger partial charge on any atom is -0.314 e. The van der Waals surface area contributed by atoms with E-state index < -0.39 is 8.41 Å². The van der Waals surface area contributed by atoms with Gasteiger partial charge in [-0.25, -0.2) is 0 Å². The Labute approximate surface area is 77.7 Å². The molecule has 0 radical (unpaired) electrons. The third kappa shape index (κ3) is 3.70. The van der Waals surface area contributed by atoms with Crippen LogP contribution in [0, 0.1) is 5.41 Å². The van der Waals surface area contributed by atoms with E-state index in [9.17, 15) is 4.11 Å². The fraction of sp³-hybridized carbons (Fsp3) is 1.00. The van der Waals surface area contributed by atoms with Gasteiger partial charge in [0.1, 0.15) is 0 Å². The summed E-state index contributed by atoms with van der Waals surface area (Å²) in [6.45, 7) is 14.2. The second-order valence-electron chi connectivity index (χ2n) is 6.18. The van der Waals surface area contributed by atoms with Gasteiger partial charge in [0.25, 0.3) is 0 Å². The summed E-state index contributed by atoms with van der Waals surface area (Å²) in [6, 6.07) is 0.753. The first kappa shape index (κ1) is 12.1. The van der Waals surface area contributed by atoms with Crippen molar-refractivity contribution < 1.29 is 4.11 Å². The van der Waals surface area contributed by atoms with Crippen molar-refractivity contribution in [1.29, 1.82) is 0 Å². The van der Waals surface area contributed by atoms with E-state index in [1.165, 1.54) is 0 Å². The lowest BCUT2D eigenvalue weighted by atomic mass is 10.0. The lowest BCUT2D eigenvalue weighted by molar-refractivity contribution is 0.432. The van der Waals surface area contributed by atoms with E-state index in [0.29, 0.717) is 0 Å². The van der Waals surface area contributed by atoms with Crippen LogP contribution in [0.15, 0.2) is 0 Å². The van der Waals surface area contributed by atoms with Crippen LogP contribution in [0.2, 0.25) is 17.6 Å². The van der Waals surface area contributed by atoms with Gasteiger partial charge >= 0.3 is 0 Å². The third-order valence-electron chi connectivity index (χ3n) is 2.43. The lowest BCUT2D eigenvalue weighted by Gasteiger charge is -2.36. The normalized spacial score (nSPS) is 19.0. The van der Waals surface area contributed by atoms with Crippen LogP contribution in [0.4, 0.5) is 4.11 Å². The fourth-order valence-electron chi connectivity index (χ4n) is 1.26. The maximum atomic E-state index is 14.2. The average molecular weight is 190 g/mol. The Morgan fingerprint density at radius 2 is 1.33 bits per heavy atom. The largest absolute Gasteiger partial charge is 0.314 e. The molecule has 0 aromatic carbocycles. The maximum Gasteiger partial charge on any atom is 0.249 e. The molecule has 1 unspecified atom stereocenters. The monoisotopic (exact) mass is 190 g/mol. The molecule has 0 heterocycles. The number of rotatable bonds is 1. The smallest absolute Gasteiger partial charge is 0.249 e. The number of halogens is 1. The molecular weight excluding hydrogens is 167 g/mol. The van der Waals surface area contributed by atoms with E-state index in [1.807, 2.05) is 27.3 Å². The predicted octanol–water partition coefficient (Wildman–Crippen LogP) is 4.38. The summed E-state index contributed by atoms with van der Waals surface area (Å²) in [4.78, 5) is 0. The third-order valence-corrected chi connectivity index (χ3v) is 7.28. The van der Waals surface area contributed by atoms with Gasteiger partial charge in [-0.3, -0.25) is 0 Å². The zero-order valence-corrected chi connectivity index (χ0v) is 10.6. The molecular formula is C10H23FSi. The first-order valence-electron chi connectivity index (χ1n) is 4.65. The molecule has 0 amide bonds. The van der Waals surface area contributed by atoms with Crippen molar-refractivity contribution in [3.05, 3.63) is 0 Å². The van der Waals surface area contributed by atoms with Crippen LogP contribution in [-0.2, 0) is 0 Å². The second-order valence-corrected chi connectivity index (χ2v) is 10.4. The van der Waals surface area contributed by atoms with Crippen molar-refractivity contribution >= 4 is 8.41 Å². The highest BCUT2D eigenvalue weighted by Crippen LogP contribution is 2.44. The van der Waals surface area contributed by atoms with Crippen LogP contribution in [-0.4, -0.2) is 8.41 Å². The van der Waals surface area contributed by atoms with E-state index in [-0.39, 0.29) is 10.5 Å². The number of hydrogen-bond acceptors (Lipinski definition) is 0. The minimum atomic E-state index is -2.54. The molecule has 1 atom stereocenters. The predicted molar refractivity (Wildman–Crippen MR) is 56.7 cm³/mol. The van der Waals surface area contributed by atoms with Gasteiger partial charge in [0.05, 0.1) is 0 Å². The molecule has 0 aliphatic carbocycles. The Bertz CT molecular complexity index is 148. The first-order valence-corrected chi connectivity index (χ1v) is 7.23. The van der Waals surface area contributed by atoms with Gasteiger partial charge in [-0.15, -0.1) is 0 Å². The van der Waals surface area contributed by atoms with Crippen LogP contribution in [0.25, 0.3) is 0 Å². The molecule has 0 aromatic heterocycles. The fourth-order valence-corrected chi connectivity index (χ4v) is 3.78. The molecule has 0 aliphatic heterocycles. The molecule has 0 rings (SSSR count). The van der Waals surface area contributed by atoms with Crippen LogP contribution in [0.3, 0.4) is 0 Å². The Kier molecular flexibility index (Phi) is 3.17. The summed E-state index contributed by atoms with van der Waals surface area (Å²) in [7, 11) is -2.54. The van der Waals surface area contributed by atoms with Gasteiger partial charge in [-0.2, -0.15) is 0 Å². The SMILES string of the molecule is CC(C)(C)C[Si](C)(F)C(C)(C)C. The number of hydrogen-bond donors (Lipinski definition) is 0. The minimum absolute atomic E-state index is 0.125. The Morgan fingerprint density at radius 1 is 1.00 bits per heavy atom. The molecule has 2 heteroatoms. The molecule has 0 bridgehead atoms. The maximum absolute atomic E-state index is 14.2. The van der Waals surface area contributed by atoms with E-state index in [0.717, 1.165) is 6.04 Å². The van der Waals surface area contributed by atoms with E-state index in [4.69, 9.17) is 0 Å². The standard InChI is InChI=1S/C10H23FSi/c1-9(2,3)8-12(7,11)10(4,5)6/h8H2,1-7H3. The molecule has 0 saturated heterocycles. The molecule has 74 valence electrons. The van der Waals surface area contributed by atoms with Crippen LogP contribution in [0.5, 0.6) is 0 Å². The highest BCUT2D eigenvalue weighted by molar-refractivity contribution is 6.74. The summed E-state index contributed by atoms with van der Waals surface area (Å²) >= 11 is 0. The molecule has 0 aliphatic rings. The van der Waals surface area contributed by atoms with Crippen LogP contribution >= 0.6 is 0 Å². The summed E-state index contributed by atoms with van der Waals surface area (Å²) in [5.74, 6) is 0. The van der Waals surface area contributed by atoms with Gasteiger partial charge in [0.15, 0.2) is 0 Å². The Hall–Kier alpha value is 0.147. The van der Waals surface area contributed by atoms with Crippen LogP contribution in [0.1, 0.15) is 41.5 Å². The van der Waals surface area contributed by atoms with Crippen molar-refractivity contribution in [1.82, 2.24) is 0 Å². The summed E-state index contributed by atoms with van der Waals surface area (Å²) in [5, 5.41) is -0.125. The molecule has 0 N–H and O–H groups in total. The van der Waals surface area contributed by atoms with Gasteiger partial charge in [0.2, 0.25) is 8.41 Å². The highest BCUT2D eigenvalue weighted by atomic mass is 28.4. The van der Waals surface area contributed by atoms with Gasteiger partial charge in [0, 0.05) is 0 Å². The summed E-state index contributed by atoms with van der Waals surface area (Å²) in [5.41, 5.74) is 0.128. The first-order chi connectivity index (χ1) is 4.96. The van der Waals surface area contributed by atoms with Crippen molar-refractivity contribution in [3.63, 3.8) is 0 Å². The highest BCUT2D eigenvalue weighted by Gasteiger charge is 2.43. The van der Waals surface area contributed by atoms with Crippen molar-refractivity contribution in [3.8, 4) is 0 Å². The topological polar surface area (TPSA) is 0 Å². The summed E-state index contributed by atoms with van der Waals surface area (Å²) in [6.07, 6.45) is 0. The van der Waals surface area contributed by atoms with E-state index in [2.05, 4.69) is 20.8 Å². The molecule has 0 spiro atoms. The van der Waals surface area contributed by atoms with Crippen molar-refractivity contribution in [2.45, 2.75) is 59.2 Å². The second kappa shape index (κ2) is 3.13. The molecule has 12 heavy (non-hydrogen) atoms. The van der Waals surface area contributed by atoms with Crippen molar-refractivity contribution in [2.75, 3.05) is 0 Å². The zero-order chi connectivity index (χ0) is 10.2. The molecule has 0 saturated carbocycles. The molecule has 0 nitrogen and oxygen atoms in total. The van der Waals surface area contributed by atoms with E-state index >= 15 is 0 Å². The van der Waals surface area contributed by atoms with E-state index in [1.54, 1.807) is 0 Å². The van der Waals surface area contributed by atoms with Gasteiger partial charge in [-0.05, 0) is 23.0 Å². The molecule has 0 fully saturated rings. The zero-order valence-electron chi connectivity index (χ0n) is 9.59. The summed E-state index contributed by atoms with van der Waals surface area (Å²) < 4.78 is 14.2. The van der Waals surface area contributed by atoms with Gasteiger partial charge < -0.3 is 4.11 Å². The Balaban J connectivity index is 4.44.